The van der Waals surface area contributed by atoms with Crippen molar-refractivity contribution in [2.24, 2.45) is 26.7 Å². The molecule has 4 aromatic carbocycles. The van der Waals surface area contributed by atoms with E-state index in [1.807, 2.05) is 48.8 Å². The molecule has 0 saturated carbocycles. The molecule has 21 nitrogen and oxygen atoms in total. The molecular formula is C68H78N8O13. The summed E-state index contributed by atoms with van der Waals surface area (Å²) in [4.78, 5) is 117. The molecule has 5 aliphatic heterocycles. The fourth-order valence-corrected chi connectivity index (χ4v) is 11.7. The van der Waals surface area contributed by atoms with Crippen LogP contribution in [-0.2, 0) is 35.3 Å². The minimum atomic E-state index is -0.885. The Hall–Kier alpha value is -9.40. The summed E-state index contributed by atoms with van der Waals surface area (Å²) < 4.78 is 29.4. The third kappa shape index (κ3) is 15.1. The number of carbonyl (C=O) groups excluding carboxylic acids is 8. The van der Waals surface area contributed by atoms with Gasteiger partial charge in [-0.3, -0.25) is 48.4 Å². The number of hydrogen-bond donors (Lipinski definition) is 3. The Morgan fingerprint density at radius 2 is 1.13 bits per heavy atom. The Kier molecular flexibility index (Phi) is 19.7. The molecule has 1 unspecified atom stereocenters. The number of ether oxygens (including phenoxy) is 5. The predicted molar refractivity (Wildman–Crippen MR) is 335 cm³/mol. The molecule has 0 radical (unpaired) electrons. The lowest BCUT2D eigenvalue weighted by atomic mass is 9.76. The maximum absolute atomic E-state index is 14.3. The number of esters is 1. The molecule has 4 aromatic rings. The number of fused-ring (bicyclic) bond motifs is 4. The number of aliphatic imine (C=N–C) groups is 2. The SMILES string of the molecule is COC(=O)c1ccc(C2=CN3C(=O)c4cc(OC)c(OCC(C)(C)CC(C)(C)COc5cc6c(cc5OC)C(=O)N5C=C(c7ccc(CNC(=O)[C@H](C)NC(=O)C(NC(=O)CCCCCN8C(=O)C=CC8=O)C(C)C)cc7)C[C@H]5C=N6)cc4N=C[C@@H]3C2)cc1. The number of carbonyl (C=O) groups is 8. The van der Waals surface area contributed by atoms with Crippen LogP contribution in [0.5, 0.6) is 23.0 Å². The highest BCUT2D eigenvalue weighted by Crippen LogP contribution is 2.44. The summed E-state index contributed by atoms with van der Waals surface area (Å²) in [5, 5.41) is 8.40. The van der Waals surface area contributed by atoms with Crippen LogP contribution in [0.4, 0.5) is 11.4 Å². The van der Waals surface area contributed by atoms with Gasteiger partial charge in [0.25, 0.3) is 23.6 Å². The van der Waals surface area contributed by atoms with Crippen molar-refractivity contribution in [3.8, 4) is 23.0 Å². The van der Waals surface area contributed by atoms with Crippen LogP contribution in [0.25, 0.3) is 11.1 Å². The third-order valence-corrected chi connectivity index (χ3v) is 16.3. The highest BCUT2D eigenvalue weighted by atomic mass is 16.5. The fourth-order valence-electron chi connectivity index (χ4n) is 11.7. The van der Waals surface area contributed by atoms with E-state index in [2.05, 4.69) is 43.6 Å². The standard InChI is InChI=1S/C68H78N8O13/c1-40(2)61(73-58(77)14-12-11-13-25-74-59(78)23-24-60(74)79)63(81)72-41(3)62(80)71-32-42-15-17-43(18-16-42)46-26-48-33-69-52-30-56(54(85-8)28-50(52)64(82)75(48)35-46)88-38-67(4,5)37-68(6,7)39-89-57-31-53-51(29-55(57)86-9)65(83)76-36-47(27-49(76)34-70-53)44-19-21-45(22-20-44)66(84)87-10/h15-24,28-31,33-36,40-41,48-49,61H,11-14,25-27,32,37-39H2,1-10H3,(H,71,80)(H,72,81)(H,73,77)/t41-,48-,49-,61?/m0/s1. The summed E-state index contributed by atoms with van der Waals surface area (Å²) in [5.41, 5.74) is 5.90. The number of nitrogens with one attached hydrogen (secondary N) is 3. The minimum absolute atomic E-state index is 0.168. The van der Waals surface area contributed by atoms with E-state index < -0.39 is 29.9 Å². The number of amides is 7. The lowest BCUT2D eigenvalue weighted by molar-refractivity contribution is -0.137. The van der Waals surface area contributed by atoms with Gasteiger partial charge in [0, 0.05) is 81.5 Å². The second kappa shape index (κ2) is 27.3. The zero-order valence-corrected chi connectivity index (χ0v) is 52.1. The molecule has 0 aliphatic carbocycles. The van der Waals surface area contributed by atoms with E-state index in [-0.39, 0.29) is 77.9 Å². The van der Waals surface area contributed by atoms with E-state index in [0.29, 0.717) is 103 Å². The van der Waals surface area contributed by atoms with Crippen molar-refractivity contribution in [1.29, 1.82) is 0 Å². The molecule has 3 N–H and O–H groups in total. The molecule has 0 bridgehead atoms. The first-order chi connectivity index (χ1) is 42.4. The molecule has 5 aliphatic rings. The van der Waals surface area contributed by atoms with Gasteiger partial charge in [-0.15, -0.1) is 0 Å². The molecule has 9 rings (SSSR count). The Labute approximate surface area is 518 Å². The van der Waals surface area contributed by atoms with E-state index in [1.54, 1.807) is 79.4 Å². The molecule has 7 amide bonds. The Morgan fingerprint density at radius 1 is 0.629 bits per heavy atom. The molecule has 0 saturated heterocycles. The van der Waals surface area contributed by atoms with Crippen LogP contribution in [-0.4, -0.2) is 140 Å². The molecule has 0 spiro atoms. The Balaban J connectivity index is 0.741. The number of methoxy groups -OCH3 is 3. The van der Waals surface area contributed by atoms with Gasteiger partial charge >= 0.3 is 5.97 Å². The van der Waals surface area contributed by atoms with Gasteiger partial charge in [-0.05, 0) is 95.0 Å². The number of rotatable bonds is 26. The number of unbranched alkanes of at least 4 members (excludes halogenated alkanes) is 2. The second-order valence-electron chi connectivity index (χ2n) is 24.9. The predicted octanol–water partition coefficient (Wildman–Crippen LogP) is 9.08. The molecule has 21 heteroatoms. The molecule has 5 heterocycles. The van der Waals surface area contributed by atoms with Crippen LogP contribution in [0, 0.1) is 16.7 Å². The normalized spacial score (nSPS) is 17.4. The molecule has 89 heavy (non-hydrogen) atoms. The summed E-state index contributed by atoms with van der Waals surface area (Å²) in [6.45, 7) is 14.8. The smallest absolute Gasteiger partial charge is 0.337 e. The first-order valence-electron chi connectivity index (χ1n) is 30.0. The molecule has 0 fully saturated rings. The highest BCUT2D eigenvalue weighted by molar-refractivity contribution is 6.13. The largest absolute Gasteiger partial charge is 0.493 e. The van der Waals surface area contributed by atoms with Gasteiger partial charge in [-0.2, -0.15) is 0 Å². The number of nitrogens with zero attached hydrogens (tertiary/aromatic N) is 5. The van der Waals surface area contributed by atoms with Gasteiger partial charge in [0.1, 0.15) is 12.1 Å². The monoisotopic (exact) mass is 1210 g/mol. The van der Waals surface area contributed by atoms with Crippen molar-refractivity contribution in [3.05, 3.63) is 131 Å². The van der Waals surface area contributed by atoms with E-state index in [0.717, 1.165) is 27.8 Å². The topological polar surface area (TPSA) is 253 Å². The summed E-state index contributed by atoms with van der Waals surface area (Å²) in [5.74, 6) is -1.26. The first-order valence-corrected chi connectivity index (χ1v) is 30.0. The van der Waals surface area contributed by atoms with Gasteiger partial charge in [0.2, 0.25) is 17.7 Å². The summed E-state index contributed by atoms with van der Waals surface area (Å²) in [6.07, 6.45) is 13.3. The summed E-state index contributed by atoms with van der Waals surface area (Å²) >= 11 is 0. The van der Waals surface area contributed by atoms with Gasteiger partial charge in [-0.1, -0.05) is 84.4 Å². The summed E-state index contributed by atoms with van der Waals surface area (Å²) in [7, 11) is 4.41. The zero-order chi connectivity index (χ0) is 63.9. The molecule has 0 aromatic heterocycles. The molecule has 468 valence electrons. The average Bonchev–Trinajstić information content (AvgIpc) is 2.11. The van der Waals surface area contributed by atoms with Crippen molar-refractivity contribution in [3.63, 3.8) is 0 Å². The van der Waals surface area contributed by atoms with Crippen molar-refractivity contribution >= 4 is 82.3 Å². The van der Waals surface area contributed by atoms with Gasteiger partial charge in [0.15, 0.2) is 23.0 Å². The minimum Gasteiger partial charge on any atom is -0.493 e. The van der Waals surface area contributed by atoms with Crippen LogP contribution >= 0.6 is 0 Å². The third-order valence-electron chi connectivity index (χ3n) is 16.3. The van der Waals surface area contributed by atoms with Crippen molar-refractivity contribution < 1.29 is 62.0 Å². The van der Waals surface area contributed by atoms with E-state index in [9.17, 15) is 38.4 Å². The maximum Gasteiger partial charge on any atom is 0.337 e. The van der Waals surface area contributed by atoms with E-state index >= 15 is 0 Å². The highest BCUT2D eigenvalue weighted by Gasteiger charge is 2.37. The van der Waals surface area contributed by atoms with Gasteiger partial charge in [-0.25, -0.2) is 4.79 Å². The van der Waals surface area contributed by atoms with E-state index in [4.69, 9.17) is 33.7 Å². The lowest BCUT2D eigenvalue weighted by Gasteiger charge is -2.35. The number of benzene rings is 4. The fraction of sp³-hybridized carbons (Fsp3) is 0.412. The zero-order valence-electron chi connectivity index (χ0n) is 52.1. The molecule has 4 atom stereocenters. The average molecular weight is 1220 g/mol. The van der Waals surface area contributed by atoms with Crippen LogP contribution in [0.3, 0.4) is 0 Å². The van der Waals surface area contributed by atoms with Gasteiger partial charge < -0.3 is 49.4 Å². The van der Waals surface area contributed by atoms with Crippen molar-refractivity contribution in [1.82, 2.24) is 30.7 Å². The van der Waals surface area contributed by atoms with Gasteiger partial charge in [0.05, 0.1) is 74.7 Å². The summed E-state index contributed by atoms with van der Waals surface area (Å²) in [6, 6.07) is 19.2. The first kappa shape index (κ1) is 64.1. The quantitative estimate of drug-likeness (QED) is 0.0302. The Bertz CT molecular complexity index is 3560. The number of hydrogen-bond acceptors (Lipinski definition) is 15. The maximum atomic E-state index is 14.3. The van der Waals surface area contributed by atoms with Crippen molar-refractivity contribution in [2.45, 2.75) is 124 Å². The lowest BCUT2D eigenvalue weighted by Crippen LogP contribution is -2.54. The second-order valence-corrected chi connectivity index (χ2v) is 24.9. The number of imide groups is 1. The van der Waals surface area contributed by atoms with E-state index in [1.165, 1.54) is 38.4 Å². The van der Waals surface area contributed by atoms with Crippen LogP contribution in [0.1, 0.15) is 141 Å². The molecular weight excluding hydrogens is 1140 g/mol. The van der Waals surface area contributed by atoms with Crippen LogP contribution in [0.2, 0.25) is 0 Å². The van der Waals surface area contributed by atoms with Crippen molar-refractivity contribution in [2.75, 3.05) is 41.1 Å². The Morgan fingerprint density at radius 3 is 1.62 bits per heavy atom. The van der Waals surface area contributed by atoms with Crippen LogP contribution < -0.4 is 34.9 Å². The van der Waals surface area contributed by atoms with Crippen LogP contribution in [0.15, 0.2) is 107 Å².